The monoisotopic (exact) mass is 790 g/mol. The smallest absolute Gasteiger partial charge is 0.306 e. The molecule has 0 radical (unpaired) electrons. The van der Waals surface area contributed by atoms with Crippen LogP contribution in [0.25, 0.3) is 0 Å². The molecule has 0 aromatic heterocycles. The molecule has 0 aromatic rings. The summed E-state index contributed by atoms with van der Waals surface area (Å²) in [5.74, 6) is -0.918. The van der Waals surface area contributed by atoms with Gasteiger partial charge in [-0.05, 0) is 64.2 Å². The number of hydrogen-bond donors (Lipinski definition) is 0. The summed E-state index contributed by atoms with van der Waals surface area (Å²) in [5.41, 5.74) is 0. The average Bonchev–Trinajstić information content (AvgIpc) is 3.13. The van der Waals surface area contributed by atoms with Gasteiger partial charge in [-0.3, -0.25) is 14.2 Å². The number of phosphoric ester groups is 1. The predicted octanol–water partition coefficient (Wildman–Crippen LogP) is 11.0. The van der Waals surface area contributed by atoms with Gasteiger partial charge >= 0.3 is 11.9 Å². The minimum absolute atomic E-state index is 0.0457. The van der Waals surface area contributed by atoms with Crippen LogP contribution in [0.5, 0.6) is 0 Å². The molecule has 0 spiro atoms. The van der Waals surface area contributed by atoms with E-state index in [4.69, 9.17) is 18.5 Å². The number of rotatable bonds is 36. The van der Waals surface area contributed by atoms with E-state index in [9.17, 15) is 19.0 Å². The summed E-state index contributed by atoms with van der Waals surface area (Å²) in [5, 5.41) is 0. The van der Waals surface area contributed by atoms with E-state index in [1.807, 2.05) is 27.2 Å². The Kier molecular flexibility index (Phi) is 34.9. The molecular weight excluding hydrogens is 713 g/mol. The molecule has 0 saturated carbocycles. The van der Waals surface area contributed by atoms with Gasteiger partial charge in [0.2, 0.25) is 0 Å². The Morgan fingerprint density at radius 1 is 0.582 bits per heavy atom. The summed E-state index contributed by atoms with van der Waals surface area (Å²) in [4.78, 5) is 37.3. The van der Waals surface area contributed by atoms with Crippen LogP contribution < -0.4 is 4.89 Å². The van der Waals surface area contributed by atoms with Crippen LogP contribution >= 0.6 is 7.82 Å². The number of ether oxygens (including phenoxy) is 2. The second-order valence-electron chi connectivity index (χ2n) is 14.6. The van der Waals surface area contributed by atoms with E-state index < -0.39 is 32.5 Å². The Hall–Kier alpha value is -2.81. The van der Waals surface area contributed by atoms with Gasteiger partial charge in [-0.15, -0.1) is 0 Å². The first-order chi connectivity index (χ1) is 26.5. The average molecular weight is 790 g/mol. The molecule has 0 rings (SSSR count). The molecule has 0 amide bonds. The summed E-state index contributed by atoms with van der Waals surface area (Å²) in [6, 6.07) is 0. The van der Waals surface area contributed by atoms with Gasteiger partial charge in [-0.1, -0.05) is 144 Å². The fourth-order valence-corrected chi connectivity index (χ4v) is 5.66. The molecule has 0 aliphatic rings. The van der Waals surface area contributed by atoms with Crippen molar-refractivity contribution in [2.75, 3.05) is 47.5 Å². The lowest BCUT2D eigenvalue weighted by atomic mass is 10.1. The zero-order chi connectivity index (χ0) is 40.7. The van der Waals surface area contributed by atoms with E-state index in [-0.39, 0.29) is 26.1 Å². The van der Waals surface area contributed by atoms with Crippen molar-refractivity contribution in [1.29, 1.82) is 0 Å². The highest BCUT2D eigenvalue weighted by molar-refractivity contribution is 7.45. The van der Waals surface area contributed by atoms with Gasteiger partial charge in [0.15, 0.2) is 6.10 Å². The van der Waals surface area contributed by atoms with Gasteiger partial charge in [0.05, 0.1) is 27.7 Å². The molecule has 0 heterocycles. The first-order valence-corrected chi connectivity index (χ1v) is 22.3. The second-order valence-corrected chi connectivity index (χ2v) is 16.0. The van der Waals surface area contributed by atoms with Gasteiger partial charge < -0.3 is 27.9 Å². The minimum atomic E-state index is -4.64. The molecule has 0 bridgehead atoms. The SMILES string of the molecule is CC/C=C\C/C=C\C/C=C\C/C=C\C/C=C\C/C=C\C/C=C\CCCC(=O)OC(COC(=O)CCCCCCCCCC)COP(=O)([O-])OCC[N+](C)(C)C. The maximum absolute atomic E-state index is 12.6. The van der Waals surface area contributed by atoms with Gasteiger partial charge in [-0.25, -0.2) is 0 Å². The number of quaternary nitrogens is 1. The molecule has 0 aromatic carbocycles. The number of phosphoric acid groups is 1. The molecule has 314 valence electrons. The number of hydrogen-bond acceptors (Lipinski definition) is 8. The highest BCUT2D eigenvalue weighted by Gasteiger charge is 2.21. The summed E-state index contributed by atoms with van der Waals surface area (Å²) in [6.07, 6.45) is 46.4. The lowest BCUT2D eigenvalue weighted by molar-refractivity contribution is -0.870. The van der Waals surface area contributed by atoms with Gasteiger partial charge in [0.25, 0.3) is 7.82 Å². The number of nitrogens with zero attached hydrogens (tertiary/aromatic N) is 1. The van der Waals surface area contributed by atoms with E-state index in [2.05, 4.69) is 92.8 Å². The van der Waals surface area contributed by atoms with Crippen molar-refractivity contribution in [3.05, 3.63) is 85.1 Å². The third-order valence-corrected chi connectivity index (χ3v) is 9.14. The Bertz CT molecular complexity index is 1210. The van der Waals surface area contributed by atoms with Gasteiger partial charge in [0.1, 0.15) is 19.8 Å². The van der Waals surface area contributed by atoms with Crippen LogP contribution in [0.4, 0.5) is 0 Å². The van der Waals surface area contributed by atoms with Crippen LogP contribution in [-0.2, 0) is 32.7 Å². The molecule has 9 nitrogen and oxygen atoms in total. The maximum Gasteiger partial charge on any atom is 0.306 e. The molecule has 0 fully saturated rings. The first-order valence-electron chi connectivity index (χ1n) is 20.8. The summed E-state index contributed by atoms with van der Waals surface area (Å²) in [7, 11) is 1.11. The molecule has 0 aliphatic carbocycles. The fraction of sp³-hybridized carbons (Fsp3) is 0.644. The number of esters is 2. The van der Waals surface area contributed by atoms with E-state index in [0.29, 0.717) is 23.9 Å². The van der Waals surface area contributed by atoms with Crippen LogP contribution in [0.2, 0.25) is 0 Å². The Labute approximate surface area is 335 Å². The molecule has 2 unspecified atom stereocenters. The van der Waals surface area contributed by atoms with Gasteiger partial charge in [-0.2, -0.15) is 0 Å². The fourth-order valence-electron chi connectivity index (χ4n) is 4.94. The predicted molar refractivity (Wildman–Crippen MR) is 226 cm³/mol. The molecule has 0 saturated heterocycles. The first kappa shape index (κ1) is 52.2. The van der Waals surface area contributed by atoms with E-state index in [0.717, 1.165) is 70.6 Å². The zero-order valence-electron chi connectivity index (χ0n) is 35.1. The summed E-state index contributed by atoms with van der Waals surface area (Å²) >= 11 is 0. The van der Waals surface area contributed by atoms with Crippen LogP contribution in [0.3, 0.4) is 0 Å². The van der Waals surface area contributed by atoms with Crippen molar-refractivity contribution in [2.45, 2.75) is 142 Å². The van der Waals surface area contributed by atoms with Crippen molar-refractivity contribution in [3.63, 3.8) is 0 Å². The van der Waals surface area contributed by atoms with Crippen molar-refractivity contribution in [1.82, 2.24) is 0 Å². The number of unbranched alkanes of at least 4 members (excludes halogenated alkanes) is 8. The molecule has 55 heavy (non-hydrogen) atoms. The Balaban J connectivity index is 4.45. The van der Waals surface area contributed by atoms with Crippen molar-refractivity contribution in [3.8, 4) is 0 Å². The van der Waals surface area contributed by atoms with Crippen molar-refractivity contribution >= 4 is 19.8 Å². The van der Waals surface area contributed by atoms with Gasteiger partial charge in [0, 0.05) is 12.8 Å². The largest absolute Gasteiger partial charge is 0.756 e. The number of allylic oxidation sites excluding steroid dienone is 14. The van der Waals surface area contributed by atoms with Crippen molar-refractivity contribution in [2.24, 2.45) is 0 Å². The molecule has 0 aliphatic heterocycles. The highest BCUT2D eigenvalue weighted by Crippen LogP contribution is 2.38. The standard InChI is InChI=1S/C45H76NO8P/c1-6-8-10-12-14-16-17-18-19-20-21-22-23-24-25-26-27-28-29-30-32-34-36-38-45(48)54-43(42-53-55(49,50)52-40-39-46(3,4)5)41-51-44(47)37-35-33-31-15-13-11-9-7-2/h8,10,14,16,18-19,21-22,24-25,27-28,30,32,43H,6-7,9,11-13,15,17,20,23,26,29,31,33-42H2,1-5H3/b10-8-,16-14-,19-18-,22-21-,25-24-,28-27-,32-30-. The number of carbonyl (C=O) groups is 2. The Morgan fingerprint density at radius 2 is 1.04 bits per heavy atom. The van der Waals surface area contributed by atoms with Crippen molar-refractivity contribution < 1.29 is 42.1 Å². The molecule has 10 heteroatoms. The third-order valence-electron chi connectivity index (χ3n) is 8.18. The number of likely N-dealkylation sites (N-methyl/N-ethyl adjacent to an activating group) is 1. The number of carbonyl (C=O) groups excluding carboxylic acids is 2. The van der Waals surface area contributed by atoms with E-state index in [1.54, 1.807) is 0 Å². The molecule has 0 N–H and O–H groups in total. The quantitative estimate of drug-likeness (QED) is 0.0203. The van der Waals surface area contributed by atoms with Crippen LogP contribution in [0, 0.1) is 0 Å². The topological polar surface area (TPSA) is 111 Å². The van der Waals surface area contributed by atoms with Crippen LogP contribution in [0.1, 0.15) is 136 Å². The maximum atomic E-state index is 12.6. The second kappa shape index (κ2) is 36.8. The van der Waals surface area contributed by atoms with Crippen LogP contribution in [0.15, 0.2) is 85.1 Å². The Morgan fingerprint density at radius 3 is 1.53 bits per heavy atom. The summed E-state index contributed by atoms with van der Waals surface area (Å²) < 4.78 is 33.7. The lowest BCUT2D eigenvalue weighted by Gasteiger charge is -2.28. The van der Waals surface area contributed by atoms with Crippen LogP contribution in [-0.4, -0.2) is 70.0 Å². The summed E-state index contributed by atoms with van der Waals surface area (Å²) in [6.45, 7) is 3.97. The zero-order valence-corrected chi connectivity index (χ0v) is 36.0. The lowest BCUT2D eigenvalue weighted by Crippen LogP contribution is -2.37. The van der Waals surface area contributed by atoms with E-state index in [1.165, 1.54) is 25.7 Å². The van der Waals surface area contributed by atoms with E-state index >= 15 is 0 Å². The molecule has 2 atom stereocenters. The molecular formula is C45H76NO8P. The normalized spacial score (nSPS) is 14.5. The minimum Gasteiger partial charge on any atom is -0.756 e. The highest BCUT2D eigenvalue weighted by atomic mass is 31.2. The third kappa shape index (κ3) is 40.7.